The molecule has 1 amide bonds. The van der Waals surface area contributed by atoms with Crippen molar-refractivity contribution in [2.24, 2.45) is 5.92 Å². The molecule has 0 aromatic heterocycles. The summed E-state index contributed by atoms with van der Waals surface area (Å²) >= 11 is 0. The Balaban J connectivity index is 1.84. The number of aryl methyl sites for hydroxylation is 1. The number of anilines is 1. The molecule has 2 unspecified atom stereocenters. The Morgan fingerprint density at radius 2 is 1.71 bits per heavy atom. The van der Waals surface area contributed by atoms with Gasteiger partial charge < -0.3 is 4.90 Å². The van der Waals surface area contributed by atoms with Crippen LogP contribution >= 0.6 is 0 Å². The maximum Gasteiger partial charge on any atom is 0.230 e. The smallest absolute Gasteiger partial charge is 0.230 e. The molecule has 3 rings (SSSR count). The van der Waals surface area contributed by atoms with Crippen molar-refractivity contribution in [1.29, 1.82) is 0 Å². The zero-order chi connectivity index (χ0) is 17.5. The fourth-order valence-electron chi connectivity index (χ4n) is 3.23. The quantitative estimate of drug-likeness (QED) is 0.857. The predicted molar refractivity (Wildman–Crippen MR) is 95.0 cm³/mol. The van der Waals surface area contributed by atoms with Gasteiger partial charge in [-0.3, -0.25) is 4.79 Å². The predicted octanol–water partition coefficient (Wildman–Crippen LogP) is 3.17. The van der Waals surface area contributed by atoms with Crippen LogP contribution in [-0.4, -0.2) is 27.6 Å². The van der Waals surface area contributed by atoms with Gasteiger partial charge in [-0.25, -0.2) is 8.42 Å². The second-order valence-electron chi connectivity index (χ2n) is 6.44. The average molecular weight is 343 g/mol. The van der Waals surface area contributed by atoms with E-state index in [4.69, 9.17) is 0 Å². The first-order valence-electron chi connectivity index (χ1n) is 7.93. The maximum atomic E-state index is 12.8. The summed E-state index contributed by atoms with van der Waals surface area (Å²) in [6.07, 6.45) is 1.98. The van der Waals surface area contributed by atoms with Crippen LogP contribution in [0.2, 0.25) is 0 Å². The fourth-order valence-corrected chi connectivity index (χ4v) is 4.14. The summed E-state index contributed by atoms with van der Waals surface area (Å²) in [5, 5.41) is 0. The van der Waals surface area contributed by atoms with Gasteiger partial charge in [-0.1, -0.05) is 36.4 Å². The minimum Gasteiger partial charge on any atom is -0.314 e. The Labute approximate surface area is 143 Å². The molecule has 126 valence electrons. The van der Waals surface area contributed by atoms with E-state index in [1.54, 1.807) is 31.3 Å². The lowest BCUT2D eigenvalue weighted by atomic mass is 10.0. The van der Waals surface area contributed by atoms with E-state index in [1.807, 2.05) is 12.1 Å². The van der Waals surface area contributed by atoms with Crippen LogP contribution in [0.3, 0.4) is 0 Å². The average Bonchev–Trinajstić information content (AvgIpc) is 3.33. The van der Waals surface area contributed by atoms with Gasteiger partial charge in [0, 0.05) is 19.2 Å². The van der Waals surface area contributed by atoms with Crippen LogP contribution in [0.5, 0.6) is 0 Å². The number of para-hydroxylation sites is 1. The first-order chi connectivity index (χ1) is 11.3. The summed E-state index contributed by atoms with van der Waals surface area (Å²) in [7, 11) is -1.73. The van der Waals surface area contributed by atoms with Gasteiger partial charge in [0.25, 0.3) is 0 Å². The molecule has 24 heavy (non-hydrogen) atoms. The molecule has 4 nitrogen and oxygen atoms in total. The first-order valence-corrected chi connectivity index (χ1v) is 9.82. The molecule has 0 radical (unpaired) electrons. The van der Waals surface area contributed by atoms with Crippen molar-refractivity contribution in [3.63, 3.8) is 0 Å². The molecule has 1 fully saturated rings. The SMILES string of the molecule is Cc1ccccc1C1CC1C(=O)N(C)c1ccccc1S(C)(=O)=O. The molecule has 5 heteroatoms. The van der Waals surface area contributed by atoms with Crippen molar-refractivity contribution in [3.05, 3.63) is 59.7 Å². The summed E-state index contributed by atoms with van der Waals surface area (Å²) in [6, 6.07) is 14.7. The fraction of sp³-hybridized carbons (Fsp3) is 0.316. The molecule has 0 N–H and O–H groups in total. The highest BCUT2D eigenvalue weighted by atomic mass is 32.2. The highest BCUT2D eigenvalue weighted by Crippen LogP contribution is 2.49. The van der Waals surface area contributed by atoms with E-state index in [1.165, 1.54) is 16.0 Å². The third-order valence-corrected chi connectivity index (χ3v) is 5.80. The lowest BCUT2D eigenvalue weighted by molar-refractivity contribution is -0.119. The first kappa shape index (κ1) is 16.7. The van der Waals surface area contributed by atoms with Gasteiger partial charge in [-0.2, -0.15) is 0 Å². The van der Waals surface area contributed by atoms with Gasteiger partial charge >= 0.3 is 0 Å². The van der Waals surface area contributed by atoms with Crippen LogP contribution in [0.15, 0.2) is 53.4 Å². The Bertz CT molecular complexity index is 889. The molecule has 0 heterocycles. The number of amides is 1. The van der Waals surface area contributed by atoms with Crippen LogP contribution in [0.25, 0.3) is 0 Å². The van der Waals surface area contributed by atoms with Gasteiger partial charge in [0.05, 0.1) is 10.6 Å². The van der Waals surface area contributed by atoms with Gasteiger partial charge in [0.2, 0.25) is 5.91 Å². The second kappa shape index (κ2) is 6.06. The molecule has 1 saturated carbocycles. The third kappa shape index (κ3) is 3.08. The van der Waals surface area contributed by atoms with E-state index in [0.29, 0.717) is 5.69 Å². The minimum atomic E-state index is -3.38. The molecule has 1 aliphatic rings. The summed E-state index contributed by atoms with van der Waals surface area (Å²) in [5.74, 6) is 0.120. The molecular weight excluding hydrogens is 322 g/mol. The molecule has 1 aliphatic carbocycles. The van der Waals surface area contributed by atoms with Gasteiger partial charge in [-0.05, 0) is 42.5 Å². The molecule has 2 aromatic carbocycles. The number of sulfone groups is 1. The van der Waals surface area contributed by atoms with Crippen LogP contribution in [0.1, 0.15) is 23.5 Å². The number of benzene rings is 2. The molecule has 0 bridgehead atoms. The van der Waals surface area contributed by atoms with Crippen LogP contribution < -0.4 is 4.90 Å². The standard InChI is InChI=1S/C19H21NO3S/c1-13-8-4-5-9-14(13)15-12-16(15)19(21)20(2)17-10-6-7-11-18(17)24(3,22)23/h4-11,15-16H,12H2,1-3H3. The molecule has 2 aromatic rings. The van der Waals surface area contributed by atoms with Crippen LogP contribution in [-0.2, 0) is 14.6 Å². The largest absolute Gasteiger partial charge is 0.314 e. The van der Waals surface area contributed by atoms with Crippen molar-refractivity contribution in [3.8, 4) is 0 Å². The third-order valence-electron chi connectivity index (χ3n) is 4.65. The number of rotatable bonds is 4. The number of nitrogens with zero attached hydrogens (tertiary/aromatic N) is 1. The Hall–Kier alpha value is -2.14. The van der Waals surface area contributed by atoms with Crippen molar-refractivity contribution in [2.45, 2.75) is 24.2 Å². The highest BCUT2D eigenvalue weighted by molar-refractivity contribution is 7.90. The van der Waals surface area contributed by atoms with Gasteiger partial charge in [0.1, 0.15) is 0 Å². The lowest BCUT2D eigenvalue weighted by Crippen LogP contribution is -2.29. The number of carbonyl (C=O) groups excluding carboxylic acids is 1. The molecule has 0 aliphatic heterocycles. The van der Waals surface area contributed by atoms with E-state index >= 15 is 0 Å². The lowest BCUT2D eigenvalue weighted by Gasteiger charge is -2.20. The van der Waals surface area contributed by atoms with Gasteiger partial charge in [0.15, 0.2) is 9.84 Å². The Morgan fingerprint density at radius 1 is 1.08 bits per heavy atom. The second-order valence-corrected chi connectivity index (χ2v) is 8.43. The topological polar surface area (TPSA) is 54.5 Å². The summed E-state index contributed by atoms with van der Waals surface area (Å²) in [4.78, 5) is 14.5. The van der Waals surface area contributed by atoms with Crippen molar-refractivity contribution >= 4 is 21.4 Å². The monoisotopic (exact) mass is 343 g/mol. The minimum absolute atomic E-state index is 0.0284. The number of hydrogen-bond donors (Lipinski definition) is 0. The molecule has 2 atom stereocenters. The van der Waals surface area contributed by atoms with E-state index in [0.717, 1.165) is 12.7 Å². The van der Waals surface area contributed by atoms with E-state index in [-0.39, 0.29) is 22.6 Å². The molecule has 0 saturated heterocycles. The number of carbonyl (C=O) groups is 1. The zero-order valence-corrected chi connectivity index (χ0v) is 14.9. The van der Waals surface area contributed by atoms with Crippen molar-refractivity contribution < 1.29 is 13.2 Å². The molecular formula is C19H21NO3S. The van der Waals surface area contributed by atoms with Crippen molar-refractivity contribution in [2.75, 3.05) is 18.2 Å². The normalized spacial score (nSPS) is 19.8. The molecule has 0 spiro atoms. The highest BCUT2D eigenvalue weighted by Gasteiger charge is 2.46. The van der Waals surface area contributed by atoms with E-state index in [9.17, 15) is 13.2 Å². The van der Waals surface area contributed by atoms with Crippen molar-refractivity contribution in [1.82, 2.24) is 0 Å². The zero-order valence-electron chi connectivity index (χ0n) is 14.1. The Morgan fingerprint density at radius 3 is 2.38 bits per heavy atom. The summed E-state index contributed by atoms with van der Waals surface area (Å²) in [5.41, 5.74) is 2.85. The summed E-state index contributed by atoms with van der Waals surface area (Å²) < 4.78 is 23.9. The Kier molecular flexibility index (Phi) is 4.22. The number of hydrogen-bond acceptors (Lipinski definition) is 3. The summed E-state index contributed by atoms with van der Waals surface area (Å²) in [6.45, 7) is 2.05. The van der Waals surface area contributed by atoms with E-state index < -0.39 is 9.84 Å². The van der Waals surface area contributed by atoms with Gasteiger partial charge in [-0.15, -0.1) is 0 Å². The van der Waals surface area contributed by atoms with Crippen LogP contribution in [0, 0.1) is 12.8 Å². The maximum absolute atomic E-state index is 12.8. The van der Waals surface area contributed by atoms with Crippen LogP contribution in [0.4, 0.5) is 5.69 Å². The van der Waals surface area contributed by atoms with E-state index in [2.05, 4.69) is 19.1 Å².